The Bertz CT molecular complexity index is 989. The molecule has 0 aromatic heterocycles. The third kappa shape index (κ3) is 6.05. The van der Waals surface area contributed by atoms with Crippen molar-refractivity contribution in [2.45, 2.75) is 25.8 Å². The van der Waals surface area contributed by atoms with Crippen LogP contribution in [0.3, 0.4) is 0 Å². The molecule has 0 aliphatic heterocycles. The molecule has 0 unspecified atom stereocenters. The molecule has 0 atom stereocenters. The Kier molecular flexibility index (Phi) is 7.03. The fraction of sp³-hybridized carbons (Fsp3) is 0.238. The average Bonchev–Trinajstić information content (AvgIpc) is 3.54. The molecule has 8 nitrogen and oxygen atoms in total. The number of nitrogens with one attached hydrogen (secondary N) is 3. The topological polar surface area (TPSA) is 109 Å². The summed E-state index contributed by atoms with van der Waals surface area (Å²) < 4.78 is 5.58. The fourth-order valence-corrected chi connectivity index (χ4v) is 2.66. The second-order valence-corrected chi connectivity index (χ2v) is 7.14. The highest BCUT2D eigenvalue weighted by atomic mass is 35.5. The lowest BCUT2D eigenvalue weighted by Gasteiger charge is -2.11. The van der Waals surface area contributed by atoms with Gasteiger partial charge in [-0.25, -0.2) is 5.43 Å². The monoisotopic (exact) mass is 428 g/mol. The standard InChI is InChI=1S/C21H21ClN4O4/c1-13-16(22)6-4-7-17(13)25-19(27)12-30-18-8-3-2-5-14(18)11-23-26-21(29)20(28)24-15-9-10-15/h2-8,11,15H,9-10,12H2,1H3,(H,24,28)(H,25,27)(H,26,29). The van der Waals surface area contributed by atoms with Gasteiger partial charge in [0, 0.05) is 22.3 Å². The van der Waals surface area contributed by atoms with E-state index in [9.17, 15) is 14.4 Å². The molecule has 9 heteroatoms. The van der Waals surface area contributed by atoms with Crippen LogP contribution in [0.25, 0.3) is 0 Å². The van der Waals surface area contributed by atoms with Gasteiger partial charge >= 0.3 is 11.8 Å². The van der Waals surface area contributed by atoms with Crippen LogP contribution in [-0.2, 0) is 14.4 Å². The second kappa shape index (κ2) is 9.89. The smallest absolute Gasteiger partial charge is 0.329 e. The second-order valence-electron chi connectivity index (χ2n) is 6.73. The zero-order valence-corrected chi connectivity index (χ0v) is 17.0. The minimum absolute atomic E-state index is 0.0863. The number of hydrogen-bond donors (Lipinski definition) is 3. The molecule has 1 fully saturated rings. The molecule has 2 aromatic carbocycles. The van der Waals surface area contributed by atoms with Crippen molar-refractivity contribution in [3.05, 3.63) is 58.6 Å². The predicted octanol–water partition coefficient (Wildman–Crippen LogP) is 2.39. The van der Waals surface area contributed by atoms with Crippen LogP contribution in [0.2, 0.25) is 5.02 Å². The fourth-order valence-electron chi connectivity index (χ4n) is 2.48. The van der Waals surface area contributed by atoms with Gasteiger partial charge in [-0.1, -0.05) is 29.8 Å². The number of rotatable bonds is 7. The van der Waals surface area contributed by atoms with Gasteiger partial charge in [-0.05, 0) is 49.6 Å². The first-order chi connectivity index (χ1) is 14.4. The van der Waals surface area contributed by atoms with E-state index in [4.69, 9.17) is 16.3 Å². The van der Waals surface area contributed by atoms with E-state index in [1.165, 1.54) is 6.21 Å². The SMILES string of the molecule is Cc1c(Cl)cccc1NC(=O)COc1ccccc1C=NNC(=O)C(=O)NC1CC1. The zero-order chi connectivity index (χ0) is 21.5. The highest BCUT2D eigenvalue weighted by molar-refractivity contribution is 6.35. The maximum Gasteiger partial charge on any atom is 0.329 e. The Morgan fingerprint density at radius 2 is 1.90 bits per heavy atom. The first-order valence-electron chi connectivity index (χ1n) is 9.34. The Labute approximate surface area is 178 Å². The summed E-state index contributed by atoms with van der Waals surface area (Å²) in [6.07, 6.45) is 3.12. The molecule has 156 valence electrons. The molecule has 0 bridgehead atoms. The third-order valence-corrected chi connectivity index (χ3v) is 4.72. The Morgan fingerprint density at radius 1 is 1.13 bits per heavy atom. The summed E-state index contributed by atoms with van der Waals surface area (Å²) in [5.74, 6) is -1.51. The van der Waals surface area contributed by atoms with Gasteiger partial charge in [0.15, 0.2) is 6.61 Å². The average molecular weight is 429 g/mol. The highest BCUT2D eigenvalue weighted by Gasteiger charge is 2.26. The quantitative estimate of drug-likeness (QED) is 0.357. The summed E-state index contributed by atoms with van der Waals surface area (Å²) in [6.45, 7) is 1.58. The number of ether oxygens (including phenoxy) is 1. The van der Waals surface area contributed by atoms with Crippen molar-refractivity contribution in [1.82, 2.24) is 10.7 Å². The summed E-state index contributed by atoms with van der Waals surface area (Å²) in [5, 5.41) is 9.66. The maximum atomic E-state index is 12.2. The van der Waals surface area contributed by atoms with Crippen LogP contribution in [0, 0.1) is 6.92 Å². The molecule has 3 N–H and O–H groups in total. The molecular weight excluding hydrogens is 408 g/mol. The van der Waals surface area contributed by atoms with Gasteiger partial charge < -0.3 is 15.4 Å². The molecular formula is C21H21ClN4O4. The van der Waals surface area contributed by atoms with E-state index in [0.29, 0.717) is 22.0 Å². The summed E-state index contributed by atoms with van der Waals surface area (Å²) in [6, 6.07) is 12.2. The third-order valence-electron chi connectivity index (χ3n) is 4.31. The number of carbonyl (C=O) groups is 3. The molecule has 0 spiro atoms. The number of benzene rings is 2. The molecule has 3 amide bonds. The molecule has 3 rings (SSSR count). The van der Waals surface area contributed by atoms with E-state index in [0.717, 1.165) is 18.4 Å². The molecule has 1 aliphatic rings. The van der Waals surface area contributed by atoms with Crippen LogP contribution < -0.4 is 20.8 Å². The normalized spacial score (nSPS) is 13.0. The van der Waals surface area contributed by atoms with Crippen LogP contribution in [-0.4, -0.2) is 36.6 Å². The minimum Gasteiger partial charge on any atom is -0.483 e. The van der Waals surface area contributed by atoms with Crippen LogP contribution in [0.5, 0.6) is 5.75 Å². The maximum absolute atomic E-state index is 12.2. The molecule has 2 aromatic rings. The van der Waals surface area contributed by atoms with Gasteiger partial charge in [0.1, 0.15) is 5.75 Å². The van der Waals surface area contributed by atoms with Crippen molar-refractivity contribution in [3.8, 4) is 5.75 Å². The Morgan fingerprint density at radius 3 is 2.67 bits per heavy atom. The number of hydrazone groups is 1. The number of para-hydroxylation sites is 1. The van der Waals surface area contributed by atoms with Gasteiger partial charge in [-0.15, -0.1) is 0 Å². The number of halogens is 1. The van der Waals surface area contributed by atoms with Gasteiger partial charge in [0.2, 0.25) is 0 Å². The molecule has 0 radical (unpaired) electrons. The van der Waals surface area contributed by atoms with E-state index < -0.39 is 11.8 Å². The number of hydrogen-bond acceptors (Lipinski definition) is 5. The lowest BCUT2D eigenvalue weighted by atomic mass is 10.2. The summed E-state index contributed by atoms with van der Waals surface area (Å²) in [4.78, 5) is 35.5. The van der Waals surface area contributed by atoms with E-state index in [2.05, 4.69) is 21.2 Å². The van der Waals surface area contributed by atoms with E-state index in [1.807, 2.05) is 6.92 Å². The van der Waals surface area contributed by atoms with Crippen LogP contribution in [0.1, 0.15) is 24.0 Å². The van der Waals surface area contributed by atoms with Crippen LogP contribution >= 0.6 is 11.6 Å². The number of amides is 3. The number of carbonyl (C=O) groups excluding carboxylic acids is 3. The van der Waals surface area contributed by atoms with Gasteiger partial charge in [0.25, 0.3) is 5.91 Å². The van der Waals surface area contributed by atoms with Crippen LogP contribution in [0.4, 0.5) is 5.69 Å². The van der Waals surface area contributed by atoms with E-state index in [-0.39, 0.29) is 18.6 Å². The first kappa shape index (κ1) is 21.3. The Balaban J connectivity index is 1.54. The lowest BCUT2D eigenvalue weighted by Crippen LogP contribution is -2.38. The zero-order valence-electron chi connectivity index (χ0n) is 16.3. The molecule has 1 saturated carbocycles. The van der Waals surface area contributed by atoms with Crippen molar-refractivity contribution >= 4 is 41.2 Å². The van der Waals surface area contributed by atoms with Crippen molar-refractivity contribution < 1.29 is 19.1 Å². The lowest BCUT2D eigenvalue weighted by molar-refractivity contribution is -0.139. The van der Waals surface area contributed by atoms with E-state index >= 15 is 0 Å². The summed E-state index contributed by atoms with van der Waals surface area (Å²) in [7, 11) is 0. The molecule has 0 saturated heterocycles. The van der Waals surface area contributed by atoms with Gasteiger partial charge in [0.05, 0.1) is 6.21 Å². The van der Waals surface area contributed by atoms with Crippen molar-refractivity contribution in [3.63, 3.8) is 0 Å². The first-order valence-corrected chi connectivity index (χ1v) is 9.72. The summed E-state index contributed by atoms with van der Waals surface area (Å²) in [5.41, 5.74) is 4.08. The largest absolute Gasteiger partial charge is 0.483 e. The summed E-state index contributed by atoms with van der Waals surface area (Å²) >= 11 is 6.06. The number of anilines is 1. The predicted molar refractivity (Wildman–Crippen MR) is 114 cm³/mol. The highest BCUT2D eigenvalue weighted by Crippen LogP contribution is 2.23. The van der Waals surface area contributed by atoms with Gasteiger partial charge in [-0.3, -0.25) is 14.4 Å². The van der Waals surface area contributed by atoms with Crippen molar-refractivity contribution in [2.24, 2.45) is 5.10 Å². The van der Waals surface area contributed by atoms with Crippen molar-refractivity contribution in [1.29, 1.82) is 0 Å². The van der Waals surface area contributed by atoms with Crippen molar-refractivity contribution in [2.75, 3.05) is 11.9 Å². The molecule has 30 heavy (non-hydrogen) atoms. The molecule has 1 aliphatic carbocycles. The minimum atomic E-state index is -0.840. The van der Waals surface area contributed by atoms with E-state index in [1.54, 1.807) is 42.5 Å². The van der Waals surface area contributed by atoms with Crippen LogP contribution in [0.15, 0.2) is 47.6 Å². The van der Waals surface area contributed by atoms with Gasteiger partial charge in [-0.2, -0.15) is 5.10 Å². The molecule has 0 heterocycles. The number of nitrogens with zero attached hydrogens (tertiary/aromatic N) is 1. The Hall–Kier alpha value is -3.39.